The summed E-state index contributed by atoms with van der Waals surface area (Å²) in [6.07, 6.45) is 4.80. The maximum Gasteiger partial charge on any atom is 0.303 e. The lowest BCUT2D eigenvalue weighted by Crippen LogP contribution is -2.42. The van der Waals surface area contributed by atoms with E-state index in [4.69, 9.17) is 5.11 Å². The number of amides is 1. The van der Waals surface area contributed by atoms with Crippen molar-refractivity contribution in [3.8, 4) is 0 Å². The molecule has 0 spiro atoms. The monoisotopic (exact) mass is 243 g/mol. The zero-order chi connectivity index (χ0) is 12.7. The molecule has 0 aromatic rings. The molecular weight excluding hydrogens is 222 g/mol. The second-order valence-corrected chi connectivity index (χ2v) is 4.63. The Bertz CT molecular complexity index is 267. The molecule has 0 aromatic heterocycles. The average Bonchev–Trinajstić information content (AvgIpc) is 2.44. The van der Waals surface area contributed by atoms with Crippen molar-refractivity contribution >= 4 is 11.9 Å². The van der Waals surface area contributed by atoms with Gasteiger partial charge in [0.25, 0.3) is 0 Å². The van der Waals surface area contributed by atoms with Crippen molar-refractivity contribution in [2.24, 2.45) is 0 Å². The fraction of sp³-hybridized carbons (Fsp3) is 0.833. The highest BCUT2D eigenvalue weighted by molar-refractivity contribution is 5.77. The highest BCUT2D eigenvalue weighted by atomic mass is 16.4. The number of aliphatic hydroxyl groups is 1. The molecule has 0 radical (unpaired) electrons. The smallest absolute Gasteiger partial charge is 0.303 e. The van der Waals surface area contributed by atoms with Crippen molar-refractivity contribution in [2.75, 3.05) is 0 Å². The Labute approximate surface area is 101 Å². The van der Waals surface area contributed by atoms with Crippen LogP contribution in [-0.2, 0) is 9.59 Å². The number of aliphatic carboxylic acids is 1. The van der Waals surface area contributed by atoms with Gasteiger partial charge in [-0.15, -0.1) is 0 Å². The molecule has 5 nitrogen and oxygen atoms in total. The van der Waals surface area contributed by atoms with Crippen LogP contribution >= 0.6 is 0 Å². The number of carboxylic acid groups (broad SMARTS) is 1. The first kappa shape index (κ1) is 14.0. The highest BCUT2D eigenvalue weighted by Gasteiger charge is 2.22. The molecule has 0 heterocycles. The van der Waals surface area contributed by atoms with E-state index in [1.165, 1.54) is 0 Å². The summed E-state index contributed by atoms with van der Waals surface area (Å²) < 4.78 is 0. The Hall–Kier alpha value is -1.10. The molecule has 1 saturated carbocycles. The van der Waals surface area contributed by atoms with E-state index in [2.05, 4.69) is 5.32 Å². The van der Waals surface area contributed by atoms with E-state index >= 15 is 0 Å². The molecule has 0 saturated heterocycles. The second kappa shape index (κ2) is 7.27. The van der Waals surface area contributed by atoms with Gasteiger partial charge in [0.05, 0.1) is 12.1 Å². The van der Waals surface area contributed by atoms with Crippen LogP contribution in [0.5, 0.6) is 0 Å². The van der Waals surface area contributed by atoms with Gasteiger partial charge in [0.2, 0.25) is 5.91 Å². The van der Waals surface area contributed by atoms with Gasteiger partial charge in [-0.1, -0.05) is 19.3 Å². The van der Waals surface area contributed by atoms with E-state index in [-0.39, 0.29) is 24.8 Å². The third-order valence-corrected chi connectivity index (χ3v) is 3.12. The third kappa shape index (κ3) is 5.68. The van der Waals surface area contributed by atoms with Crippen molar-refractivity contribution in [1.82, 2.24) is 5.32 Å². The minimum Gasteiger partial charge on any atom is -0.481 e. The first-order valence-electron chi connectivity index (χ1n) is 6.29. The van der Waals surface area contributed by atoms with E-state index in [0.29, 0.717) is 6.42 Å². The molecule has 98 valence electrons. The predicted octanol–water partition coefficient (Wildman–Crippen LogP) is 1.05. The van der Waals surface area contributed by atoms with Crippen LogP contribution < -0.4 is 5.32 Å². The molecule has 0 aliphatic heterocycles. The molecule has 5 heteroatoms. The topological polar surface area (TPSA) is 86.6 Å². The van der Waals surface area contributed by atoms with Crippen LogP contribution in [0, 0.1) is 0 Å². The van der Waals surface area contributed by atoms with Crippen LogP contribution in [0.1, 0.15) is 51.4 Å². The maximum atomic E-state index is 11.5. The number of rotatable bonds is 5. The fourth-order valence-corrected chi connectivity index (χ4v) is 2.14. The number of carboxylic acids is 1. The van der Waals surface area contributed by atoms with E-state index in [0.717, 1.165) is 32.1 Å². The number of hydrogen-bond acceptors (Lipinski definition) is 3. The number of aliphatic hydroxyl groups excluding tert-OH is 1. The third-order valence-electron chi connectivity index (χ3n) is 3.12. The minimum atomic E-state index is -0.882. The second-order valence-electron chi connectivity index (χ2n) is 4.63. The quantitative estimate of drug-likeness (QED) is 0.630. The standard InChI is InChI=1S/C12H21NO4/c14-10-6-3-1-2-5-9(10)13-11(15)7-4-8-12(16)17/h9-10,14H,1-8H2,(H,13,15)(H,16,17). The Morgan fingerprint density at radius 1 is 1.12 bits per heavy atom. The lowest BCUT2D eigenvalue weighted by Gasteiger charge is -2.21. The normalized spacial score (nSPS) is 25.0. The zero-order valence-electron chi connectivity index (χ0n) is 10.0. The number of hydrogen-bond donors (Lipinski definition) is 3. The summed E-state index contributed by atoms with van der Waals surface area (Å²) in [7, 11) is 0. The molecule has 1 aliphatic rings. The van der Waals surface area contributed by atoms with Gasteiger partial charge in [0.15, 0.2) is 0 Å². The first-order chi connectivity index (χ1) is 8.09. The Morgan fingerprint density at radius 3 is 2.53 bits per heavy atom. The summed E-state index contributed by atoms with van der Waals surface area (Å²) in [6.45, 7) is 0. The summed E-state index contributed by atoms with van der Waals surface area (Å²) in [5.41, 5.74) is 0. The van der Waals surface area contributed by atoms with Gasteiger partial charge in [0, 0.05) is 12.8 Å². The largest absolute Gasteiger partial charge is 0.481 e. The Balaban J connectivity index is 2.26. The molecule has 2 unspecified atom stereocenters. The molecule has 3 N–H and O–H groups in total. The van der Waals surface area contributed by atoms with E-state index in [1.54, 1.807) is 0 Å². The summed E-state index contributed by atoms with van der Waals surface area (Å²) >= 11 is 0. The summed E-state index contributed by atoms with van der Waals surface area (Å²) in [5, 5.41) is 21.1. The van der Waals surface area contributed by atoms with Crippen LogP contribution in [0.4, 0.5) is 0 Å². The highest BCUT2D eigenvalue weighted by Crippen LogP contribution is 2.18. The molecule has 2 atom stereocenters. The van der Waals surface area contributed by atoms with Crippen LogP contribution in [0.25, 0.3) is 0 Å². The summed E-state index contributed by atoms with van der Waals surface area (Å²) in [5.74, 6) is -1.04. The first-order valence-corrected chi connectivity index (χ1v) is 6.29. The SMILES string of the molecule is O=C(O)CCCC(=O)NC1CCCCCC1O. The maximum absolute atomic E-state index is 11.5. The number of carbonyl (C=O) groups excluding carboxylic acids is 1. The van der Waals surface area contributed by atoms with Crippen molar-refractivity contribution in [1.29, 1.82) is 0 Å². The molecule has 1 rings (SSSR count). The molecular formula is C12H21NO4. The van der Waals surface area contributed by atoms with E-state index in [1.807, 2.05) is 0 Å². The summed E-state index contributed by atoms with van der Waals surface area (Å²) in [6, 6.07) is -0.158. The van der Waals surface area contributed by atoms with Crippen molar-refractivity contribution in [3.05, 3.63) is 0 Å². The van der Waals surface area contributed by atoms with Gasteiger partial charge >= 0.3 is 5.97 Å². The average molecular weight is 243 g/mol. The molecule has 1 aliphatic carbocycles. The van der Waals surface area contributed by atoms with Crippen LogP contribution in [0.3, 0.4) is 0 Å². The molecule has 0 bridgehead atoms. The van der Waals surface area contributed by atoms with Gasteiger partial charge in [-0.2, -0.15) is 0 Å². The lowest BCUT2D eigenvalue weighted by molar-refractivity contribution is -0.137. The van der Waals surface area contributed by atoms with Crippen molar-refractivity contribution in [2.45, 2.75) is 63.5 Å². The van der Waals surface area contributed by atoms with Crippen molar-refractivity contribution < 1.29 is 19.8 Å². The van der Waals surface area contributed by atoms with Crippen molar-refractivity contribution in [3.63, 3.8) is 0 Å². The number of nitrogens with one attached hydrogen (secondary N) is 1. The lowest BCUT2D eigenvalue weighted by atomic mass is 10.1. The number of carbonyl (C=O) groups is 2. The van der Waals surface area contributed by atoms with E-state index < -0.39 is 12.1 Å². The van der Waals surface area contributed by atoms with Gasteiger partial charge in [0.1, 0.15) is 0 Å². The molecule has 1 fully saturated rings. The Kier molecular flexibility index (Phi) is 5.97. The van der Waals surface area contributed by atoms with E-state index in [9.17, 15) is 14.7 Å². The summed E-state index contributed by atoms with van der Waals surface area (Å²) in [4.78, 5) is 21.8. The van der Waals surface area contributed by atoms with Gasteiger partial charge in [-0.25, -0.2) is 0 Å². The van der Waals surface area contributed by atoms with Crippen LogP contribution in [0.2, 0.25) is 0 Å². The van der Waals surface area contributed by atoms with Crippen LogP contribution in [-0.4, -0.2) is 34.2 Å². The fourth-order valence-electron chi connectivity index (χ4n) is 2.14. The molecule has 1 amide bonds. The molecule has 17 heavy (non-hydrogen) atoms. The molecule has 0 aromatic carbocycles. The van der Waals surface area contributed by atoms with Gasteiger partial charge in [-0.3, -0.25) is 9.59 Å². The van der Waals surface area contributed by atoms with Gasteiger partial charge in [-0.05, 0) is 19.3 Å². The van der Waals surface area contributed by atoms with Gasteiger partial charge < -0.3 is 15.5 Å². The minimum absolute atomic E-state index is 0.0145. The zero-order valence-corrected chi connectivity index (χ0v) is 10.0. The Morgan fingerprint density at radius 2 is 1.82 bits per heavy atom. The van der Waals surface area contributed by atoms with Crippen LogP contribution in [0.15, 0.2) is 0 Å². The predicted molar refractivity (Wildman–Crippen MR) is 62.5 cm³/mol.